The van der Waals surface area contributed by atoms with E-state index < -0.39 is 10.0 Å². The van der Waals surface area contributed by atoms with Crippen LogP contribution in [0.1, 0.15) is 17.8 Å². The van der Waals surface area contributed by atoms with E-state index in [-0.39, 0.29) is 4.90 Å². The molecule has 184 valence electrons. The fourth-order valence-corrected chi connectivity index (χ4v) is 5.61. The summed E-state index contributed by atoms with van der Waals surface area (Å²) in [6.45, 7) is 6.76. The lowest BCUT2D eigenvalue weighted by Crippen LogP contribution is -2.49. The number of aryl methyl sites for hydroxylation is 2. The number of nitrogens with zero attached hydrogens (tertiary/aromatic N) is 4. The summed E-state index contributed by atoms with van der Waals surface area (Å²) < 4.78 is 39.5. The van der Waals surface area contributed by atoms with Crippen LogP contribution in [0.25, 0.3) is 0 Å². The predicted octanol–water partition coefficient (Wildman–Crippen LogP) is 3.51. The molecule has 0 unspecified atom stereocenters. The van der Waals surface area contributed by atoms with Gasteiger partial charge in [-0.15, -0.1) is 0 Å². The van der Waals surface area contributed by atoms with Gasteiger partial charge in [-0.3, -0.25) is 0 Å². The number of piperazine rings is 1. The first-order chi connectivity index (χ1) is 16.9. The van der Waals surface area contributed by atoms with Crippen LogP contribution in [0.2, 0.25) is 0 Å². The molecule has 10 heteroatoms. The molecule has 0 saturated carbocycles. The molecule has 35 heavy (non-hydrogen) atoms. The second-order valence-electron chi connectivity index (χ2n) is 8.70. The average Bonchev–Trinajstić information content (AvgIpc) is 3.10. The van der Waals surface area contributed by atoms with Gasteiger partial charge in [-0.25, -0.2) is 18.4 Å². The van der Waals surface area contributed by atoms with Crippen molar-refractivity contribution >= 4 is 27.3 Å². The van der Waals surface area contributed by atoms with Crippen molar-refractivity contribution in [1.82, 2.24) is 14.3 Å². The Hall–Kier alpha value is -3.37. The molecule has 1 fully saturated rings. The van der Waals surface area contributed by atoms with E-state index in [9.17, 15) is 8.42 Å². The number of anilines is 3. The van der Waals surface area contributed by atoms with Crippen LogP contribution in [-0.4, -0.2) is 62.1 Å². The first-order valence-electron chi connectivity index (χ1n) is 11.7. The number of sulfonamides is 1. The molecule has 0 radical (unpaired) electrons. The molecule has 1 N–H and O–H groups in total. The van der Waals surface area contributed by atoms with Gasteiger partial charge in [-0.05, 0) is 38.1 Å². The molecule has 3 aromatic rings. The van der Waals surface area contributed by atoms with Gasteiger partial charge in [-0.1, -0.05) is 17.7 Å². The highest BCUT2D eigenvalue weighted by molar-refractivity contribution is 7.89. The summed E-state index contributed by atoms with van der Waals surface area (Å²) in [6.07, 6.45) is 0.767. The molecule has 0 spiro atoms. The molecule has 0 aliphatic carbocycles. The lowest BCUT2D eigenvalue weighted by molar-refractivity contribution is 0.296. The fraction of sp³-hybridized carbons (Fsp3) is 0.360. The third-order valence-electron chi connectivity index (χ3n) is 6.07. The number of hydrogen-bond donors (Lipinski definition) is 1. The maximum absolute atomic E-state index is 13.3. The average molecular weight is 496 g/mol. The Morgan fingerprint density at radius 1 is 0.857 bits per heavy atom. The molecule has 0 bridgehead atoms. The smallest absolute Gasteiger partial charge is 0.243 e. The summed E-state index contributed by atoms with van der Waals surface area (Å²) in [4.78, 5) is 11.4. The molecule has 1 aromatic heterocycles. The van der Waals surface area contributed by atoms with Gasteiger partial charge in [0.25, 0.3) is 0 Å². The van der Waals surface area contributed by atoms with E-state index in [0.717, 1.165) is 17.9 Å². The number of aromatic nitrogens is 2. The van der Waals surface area contributed by atoms with E-state index >= 15 is 0 Å². The van der Waals surface area contributed by atoms with Gasteiger partial charge in [0, 0.05) is 50.4 Å². The number of hydrogen-bond acceptors (Lipinski definition) is 8. The SMILES string of the molecule is Cc1ccc(Nc2cc(N3CCN(S(=O)(=O)c4ccc5c(c4)OCCCO5)CC3)nc(C)n2)cc1. The zero-order valence-electron chi connectivity index (χ0n) is 19.9. The summed E-state index contributed by atoms with van der Waals surface area (Å²) in [5.74, 6) is 3.20. The lowest BCUT2D eigenvalue weighted by Gasteiger charge is -2.34. The van der Waals surface area contributed by atoms with Crippen molar-refractivity contribution in [3.63, 3.8) is 0 Å². The zero-order chi connectivity index (χ0) is 24.4. The number of ether oxygens (including phenoxy) is 2. The van der Waals surface area contributed by atoms with Gasteiger partial charge in [0.15, 0.2) is 11.5 Å². The van der Waals surface area contributed by atoms with E-state index in [2.05, 4.69) is 20.2 Å². The third kappa shape index (κ3) is 5.18. The van der Waals surface area contributed by atoms with Gasteiger partial charge < -0.3 is 19.7 Å². The molecular weight excluding hydrogens is 466 g/mol. The summed E-state index contributed by atoms with van der Waals surface area (Å²) in [7, 11) is -3.65. The Kier molecular flexibility index (Phi) is 6.48. The molecule has 2 aliphatic heterocycles. The Balaban J connectivity index is 1.28. The van der Waals surface area contributed by atoms with Crippen LogP contribution in [0.4, 0.5) is 17.3 Å². The van der Waals surface area contributed by atoms with Crippen molar-refractivity contribution in [2.24, 2.45) is 0 Å². The summed E-state index contributed by atoms with van der Waals surface area (Å²) in [6, 6.07) is 14.8. The largest absolute Gasteiger partial charge is 0.490 e. The van der Waals surface area contributed by atoms with Gasteiger partial charge in [0.05, 0.1) is 18.1 Å². The van der Waals surface area contributed by atoms with Crippen molar-refractivity contribution < 1.29 is 17.9 Å². The second kappa shape index (κ2) is 9.71. The van der Waals surface area contributed by atoms with Crippen LogP contribution in [0, 0.1) is 13.8 Å². The van der Waals surface area contributed by atoms with Gasteiger partial charge >= 0.3 is 0 Å². The van der Waals surface area contributed by atoms with E-state index in [1.54, 1.807) is 18.2 Å². The molecule has 1 saturated heterocycles. The molecule has 2 aliphatic rings. The van der Waals surface area contributed by atoms with Crippen LogP contribution in [0.15, 0.2) is 53.4 Å². The van der Waals surface area contributed by atoms with E-state index in [4.69, 9.17) is 9.47 Å². The van der Waals surface area contributed by atoms with Crippen LogP contribution < -0.4 is 19.7 Å². The minimum absolute atomic E-state index is 0.220. The third-order valence-corrected chi connectivity index (χ3v) is 7.96. The molecule has 9 nitrogen and oxygen atoms in total. The minimum Gasteiger partial charge on any atom is -0.490 e. The minimum atomic E-state index is -3.65. The first kappa shape index (κ1) is 23.4. The standard InChI is InChI=1S/C25H29N5O4S/c1-18-4-6-20(7-5-18)28-24-17-25(27-19(2)26-24)29-10-12-30(13-11-29)35(31,32)21-8-9-22-23(16-21)34-15-3-14-33-22/h4-9,16-17H,3,10-15H2,1-2H3,(H,26,27,28). The van der Waals surface area contributed by atoms with Crippen molar-refractivity contribution in [1.29, 1.82) is 0 Å². The molecule has 2 aromatic carbocycles. The Labute approximate surface area is 205 Å². The maximum atomic E-state index is 13.3. The van der Waals surface area contributed by atoms with Crippen LogP contribution in [0.3, 0.4) is 0 Å². The molecule has 0 atom stereocenters. The van der Waals surface area contributed by atoms with Gasteiger partial charge in [-0.2, -0.15) is 4.31 Å². The molecular formula is C25H29N5O4S. The van der Waals surface area contributed by atoms with Crippen molar-refractivity contribution in [3.05, 3.63) is 59.9 Å². The normalized spacial score (nSPS) is 16.6. The topological polar surface area (TPSA) is 96.9 Å². The fourth-order valence-electron chi connectivity index (χ4n) is 4.17. The molecule has 5 rings (SSSR count). The van der Waals surface area contributed by atoms with Crippen LogP contribution in [-0.2, 0) is 10.0 Å². The lowest BCUT2D eigenvalue weighted by atomic mass is 10.2. The van der Waals surface area contributed by atoms with Crippen molar-refractivity contribution in [2.75, 3.05) is 49.6 Å². The second-order valence-corrected chi connectivity index (χ2v) is 10.6. The van der Waals surface area contributed by atoms with Gasteiger partial charge in [0.2, 0.25) is 10.0 Å². The predicted molar refractivity (Wildman–Crippen MR) is 134 cm³/mol. The Morgan fingerprint density at radius 2 is 1.57 bits per heavy atom. The monoisotopic (exact) mass is 495 g/mol. The quantitative estimate of drug-likeness (QED) is 0.575. The highest BCUT2D eigenvalue weighted by atomic mass is 32.2. The van der Waals surface area contributed by atoms with E-state index in [1.165, 1.54) is 9.87 Å². The number of rotatable bonds is 5. The van der Waals surface area contributed by atoms with Crippen LogP contribution >= 0.6 is 0 Å². The number of nitrogens with one attached hydrogen (secondary N) is 1. The van der Waals surface area contributed by atoms with Crippen molar-refractivity contribution in [2.45, 2.75) is 25.2 Å². The highest BCUT2D eigenvalue weighted by Crippen LogP contribution is 2.33. The molecule has 0 amide bonds. The van der Waals surface area contributed by atoms with E-state index in [0.29, 0.717) is 62.5 Å². The Bertz CT molecular complexity index is 1310. The molecule has 3 heterocycles. The van der Waals surface area contributed by atoms with Crippen LogP contribution in [0.5, 0.6) is 11.5 Å². The summed E-state index contributed by atoms with van der Waals surface area (Å²) in [5.41, 5.74) is 2.14. The summed E-state index contributed by atoms with van der Waals surface area (Å²) >= 11 is 0. The highest BCUT2D eigenvalue weighted by Gasteiger charge is 2.30. The Morgan fingerprint density at radius 3 is 2.31 bits per heavy atom. The van der Waals surface area contributed by atoms with Crippen molar-refractivity contribution in [3.8, 4) is 11.5 Å². The zero-order valence-corrected chi connectivity index (χ0v) is 20.7. The van der Waals surface area contributed by atoms with E-state index in [1.807, 2.05) is 44.2 Å². The summed E-state index contributed by atoms with van der Waals surface area (Å²) in [5, 5.41) is 3.33. The number of benzene rings is 2. The first-order valence-corrected chi connectivity index (χ1v) is 13.2. The number of fused-ring (bicyclic) bond motifs is 1. The van der Waals surface area contributed by atoms with Gasteiger partial charge in [0.1, 0.15) is 17.5 Å². The maximum Gasteiger partial charge on any atom is 0.243 e.